The number of hydrogen-bond donors (Lipinski definition) is 1. The maximum Gasteiger partial charge on any atom is 0.416 e. The van der Waals surface area contributed by atoms with Crippen molar-refractivity contribution >= 4 is 27.9 Å². The largest absolute Gasteiger partial charge is 0.487 e. The average Bonchev–Trinajstić information content (AvgIpc) is 3.45. The van der Waals surface area contributed by atoms with Crippen molar-refractivity contribution in [2.45, 2.75) is 50.9 Å². The lowest BCUT2D eigenvalue weighted by molar-refractivity contribution is -0.143. The van der Waals surface area contributed by atoms with Crippen LogP contribution in [0.15, 0.2) is 97.1 Å². The van der Waals surface area contributed by atoms with Crippen molar-refractivity contribution in [3.8, 4) is 16.9 Å². The van der Waals surface area contributed by atoms with E-state index in [0.29, 0.717) is 52.1 Å². The maximum atomic E-state index is 15.7. The summed E-state index contributed by atoms with van der Waals surface area (Å²) in [5, 5.41) is 11.1. The first kappa shape index (κ1) is 31.4. The monoisotopic (exact) mass is 653 g/mol. The number of nitrogens with zero attached hydrogens (tertiary/aromatic N) is 3. The summed E-state index contributed by atoms with van der Waals surface area (Å²) in [5.41, 5.74) is 3.43. The number of carboxylic acid groups (broad SMARTS) is 1. The van der Waals surface area contributed by atoms with Gasteiger partial charge in [0.25, 0.3) is 0 Å². The lowest BCUT2D eigenvalue weighted by Gasteiger charge is -2.28. The Kier molecular flexibility index (Phi) is 8.33. The van der Waals surface area contributed by atoms with Gasteiger partial charge in [-0.3, -0.25) is 4.79 Å². The van der Waals surface area contributed by atoms with Crippen LogP contribution in [0.25, 0.3) is 33.1 Å². The van der Waals surface area contributed by atoms with Gasteiger partial charge in [-0.05, 0) is 66.4 Å². The lowest BCUT2D eigenvalue weighted by Crippen LogP contribution is -2.28. The number of halogens is 4. The first-order chi connectivity index (χ1) is 23.1. The summed E-state index contributed by atoms with van der Waals surface area (Å²) in [7, 11) is 0. The number of rotatable bonds is 8. The zero-order valence-corrected chi connectivity index (χ0v) is 25.8. The van der Waals surface area contributed by atoms with E-state index in [1.54, 1.807) is 18.2 Å². The van der Waals surface area contributed by atoms with Crippen molar-refractivity contribution in [2.75, 3.05) is 0 Å². The van der Waals surface area contributed by atoms with E-state index < -0.39 is 29.4 Å². The number of imidazole rings is 1. The second-order valence-electron chi connectivity index (χ2n) is 12.2. The molecule has 1 aliphatic rings. The predicted octanol–water partition coefficient (Wildman–Crippen LogP) is 9.40. The van der Waals surface area contributed by atoms with Gasteiger partial charge in [-0.15, -0.1) is 0 Å². The number of fused-ring (bicyclic) bond motifs is 2. The molecular weight excluding hydrogens is 622 g/mol. The molecule has 1 fully saturated rings. The molecule has 0 bridgehead atoms. The predicted molar refractivity (Wildman–Crippen MR) is 174 cm³/mol. The summed E-state index contributed by atoms with van der Waals surface area (Å²) in [5.74, 6) is -1.23. The number of aromatic nitrogens is 3. The second kappa shape index (κ2) is 12.7. The molecule has 0 amide bonds. The summed E-state index contributed by atoms with van der Waals surface area (Å²) < 4.78 is 62.7. The van der Waals surface area contributed by atoms with E-state index in [-0.39, 0.29) is 19.1 Å². The molecule has 2 aromatic heterocycles. The molecule has 2 heterocycles. The number of aliphatic carboxylic acids is 1. The van der Waals surface area contributed by atoms with Crippen LogP contribution in [0, 0.1) is 11.7 Å². The Hall–Kier alpha value is -5.25. The molecule has 48 heavy (non-hydrogen) atoms. The van der Waals surface area contributed by atoms with Crippen molar-refractivity contribution in [3.63, 3.8) is 0 Å². The van der Waals surface area contributed by atoms with Gasteiger partial charge in [0.2, 0.25) is 0 Å². The first-order valence-electron chi connectivity index (χ1n) is 15.8. The van der Waals surface area contributed by atoms with Crippen molar-refractivity contribution in [3.05, 3.63) is 126 Å². The zero-order valence-electron chi connectivity index (χ0n) is 25.8. The Labute approximate surface area is 273 Å². The molecule has 10 heteroatoms. The van der Waals surface area contributed by atoms with Gasteiger partial charge in [0.1, 0.15) is 24.0 Å². The number of para-hydroxylation sites is 1. The van der Waals surface area contributed by atoms with Gasteiger partial charge in [-0.1, -0.05) is 61.4 Å². The number of alkyl halides is 3. The molecular formula is C38H31F4N3O3. The average molecular weight is 654 g/mol. The van der Waals surface area contributed by atoms with Crippen LogP contribution >= 0.6 is 0 Å². The van der Waals surface area contributed by atoms with Crippen LogP contribution in [-0.4, -0.2) is 25.6 Å². The molecule has 0 aliphatic heterocycles. The van der Waals surface area contributed by atoms with E-state index in [4.69, 9.17) is 9.72 Å². The minimum atomic E-state index is -4.46. The Morgan fingerprint density at radius 2 is 1.62 bits per heavy atom. The van der Waals surface area contributed by atoms with Crippen molar-refractivity contribution in [1.29, 1.82) is 0 Å². The Morgan fingerprint density at radius 3 is 2.40 bits per heavy atom. The molecule has 0 saturated heterocycles. The molecule has 0 radical (unpaired) electrons. The molecule has 1 aliphatic carbocycles. The molecule has 6 nitrogen and oxygen atoms in total. The first-order valence-corrected chi connectivity index (χ1v) is 15.8. The topological polar surface area (TPSA) is 77.2 Å². The molecule has 1 unspecified atom stereocenters. The normalized spacial score (nSPS) is 16.8. The number of benzene rings is 4. The number of ether oxygens (including phenoxy) is 1. The van der Waals surface area contributed by atoms with Gasteiger partial charge in [-0.2, -0.15) is 13.2 Å². The third kappa shape index (κ3) is 6.34. The number of pyridine rings is 1. The molecule has 1 saturated carbocycles. The molecule has 2 atom stereocenters. The molecule has 7 rings (SSSR count). The van der Waals surface area contributed by atoms with Crippen LogP contribution in [0.1, 0.15) is 54.2 Å². The highest BCUT2D eigenvalue weighted by molar-refractivity contribution is 5.79. The van der Waals surface area contributed by atoms with Gasteiger partial charge in [0.05, 0.1) is 40.3 Å². The van der Waals surface area contributed by atoms with E-state index in [1.807, 2.05) is 53.1 Å². The van der Waals surface area contributed by atoms with Gasteiger partial charge in [0.15, 0.2) is 0 Å². The van der Waals surface area contributed by atoms with Gasteiger partial charge in [-0.25, -0.2) is 14.4 Å². The quantitative estimate of drug-likeness (QED) is 0.166. The fraction of sp³-hybridized carbons (Fsp3) is 0.237. The van der Waals surface area contributed by atoms with Crippen LogP contribution in [-0.2, 0) is 24.1 Å². The molecule has 244 valence electrons. The minimum absolute atomic E-state index is 0.0923. The maximum absolute atomic E-state index is 15.7. The second-order valence-corrected chi connectivity index (χ2v) is 12.2. The van der Waals surface area contributed by atoms with E-state index in [2.05, 4.69) is 4.98 Å². The van der Waals surface area contributed by atoms with E-state index in [0.717, 1.165) is 41.6 Å². The smallest absolute Gasteiger partial charge is 0.416 e. The van der Waals surface area contributed by atoms with Gasteiger partial charge in [0, 0.05) is 22.9 Å². The fourth-order valence-corrected chi connectivity index (χ4v) is 6.63. The molecule has 1 N–H and O–H groups in total. The summed E-state index contributed by atoms with van der Waals surface area (Å²) in [6.07, 6.45) is -1.60. The van der Waals surface area contributed by atoms with Gasteiger partial charge < -0.3 is 14.4 Å². The van der Waals surface area contributed by atoms with E-state index >= 15 is 4.39 Å². The molecule has 4 aromatic carbocycles. The highest BCUT2D eigenvalue weighted by Gasteiger charge is 2.35. The Balaban J connectivity index is 1.20. The van der Waals surface area contributed by atoms with Gasteiger partial charge >= 0.3 is 12.1 Å². The lowest BCUT2D eigenvalue weighted by atomic mass is 9.78. The van der Waals surface area contributed by atoms with Crippen LogP contribution in [0.4, 0.5) is 17.6 Å². The van der Waals surface area contributed by atoms with Crippen LogP contribution < -0.4 is 4.74 Å². The fourth-order valence-electron chi connectivity index (χ4n) is 6.63. The molecule has 0 spiro atoms. The third-order valence-electron chi connectivity index (χ3n) is 9.13. The van der Waals surface area contributed by atoms with Crippen molar-refractivity contribution < 1.29 is 32.2 Å². The van der Waals surface area contributed by atoms with Crippen molar-refractivity contribution in [1.82, 2.24) is 14.5 Å². The summed E-state index contributed by atoms with van der Waals surface area (Å²) >= 11 is 0. The summed E-state index contributed by atoms with van der Waals surface area (Å²) in [4.78, 5) is 21.9. The zero-order chi connectivity index (χ0) is 33.4. The van der Waals surface area contributed by atoms with Crippen LogP contribution in [0.5, 0.6) is 5.75 Å². The Bertz CT molecular complexity index is 2120. The van der Waals surface area contributed by atoms with E-state index in [9.17, 15) is 23.1 Å². The molecule has 6 aromatic rings. The standard InChI is InChI=1S/C38H31F4N3O3/c39-32-19-25(23-11-14-27(15-12-23)38(40,41)42)9-10-26(32)21-45-35-18-17-29(48-22-28-16-13-24-5-1-4-8-33(24)43-28)20-34(35)44-36(45)30-6-2-3-7-31(30)37(46)47/h1,4-5,8-20,30-31H,2-3,6-7,21-22H2,(H,46,47)/t30-,31?/m1/s1. The highest BCUT2D eigenvalue weighted by atomic mass is 19.4. The van der Waals surface area contributed by atoms with Crippen molar-refractivity contribution in [2.24, 2.45) is 5.92 Å². The Morgan fingerprint density at radius 1 is 0.854 bits per heavy atom. The summed E-state index contributed by atoms with van der Waals surface area (Å²) in [6, 6.07) is 26.4. The third-order valence-corrected chi connectivity index (χ3v) is 9.13. The number of carbonyl (C=O) groups is 1. The van der Waals surface area contributed by atoms with Crippen LogP contribution in [0.2, 0.25) is 0 Å². The van der Waals surface area contributed by atoms with E-state index in [1.165, 1.54) is 18.2 Å². The van der Waals surface area contributed by atoms with Crippen LogP contribution in [0.3, 0.4) is 0 Å². The summed E-state index contributed by atoms with van der Waals surface area (Å²) in [6.45, 7) is 0.332. The highest BCUT2D eigenvalue weighted by Crippen LogP contribution is 2.40. The minimum Gasteiger partial charge on any atom is -0.487 e. The SMILES string of the molecule is O=C(O)C1CCCC[C@H]1c1nc2cc(OCc3ccc4ccccc4n3)ccc2n1Cc1ccc(-c2ccc(C(F)(F)F)cc2)cc1F. The number of hydrogen-bond acceptors (Lipinski definition) is 4. The number of carboxylic acids is 1.